The van der Waals surface area contributed by atoms with Crippen LogP contribution in [-0.4, -0.2) is 51.6 Å². The van der Waals surface area contributed by atoms with E-state index in [0.29, 0.717) is 18.2 Å². The molecule has 2 aromatic heterocycles. The van der Waals surface area contributed by atoms with Crippen molar-refractivity contribution in [3.05, 3.63) is 41.1 Å². The predicted octanol–water partition coefficient (Wildman–Crippen LogP) is 2.84. The van der Waals surface area contributed by atoms with Crippen molar-refractivity contribution >= 4 is 11.7 Å². The lowest BCUT2D eigenvalue weighted by molar-refractivity contribution is 0.0684. The van der Waals surface area contributed by atoms with Gasteiger partial charge in [-0.15, -0.1) is 0 Å². The molecule has 1 aliphatic heterocycles. The normalized spacial score (nSPS) is 20.0. The summed E-state index contributed by atoms with van der Waals surface area (Å²) in [5.41, 5.74) is 2.55. The lowest BCUT2D eigenvalue weighted by Crippen LogP contribution is -2.32. The average molecular weight is 357 g/mol. The molecule has 0 aliphatic carbocycles. The summed E-state index contributed by atoms with van der Waals surface area (Å²) in [4.78, 5) is 27.2. The van der Waals surface area contributed by atoms with Gasteiger partial charge >= 0.3 is 0 Å². The van der Waals surface area contributed by atoms with Gasteiger partial charge in [-0.1, -0.05) is 0 Å². The van der Waals surface area contributed by atoms with Gasteiger partial charge in [0.25, 0.3) is 5.91 Å². The third-order valence-corrected chi connectivity index (χ3v) is 4.77. The Morgan fingerprint density at radius 3 is 2.69 bits per heavy atom. The number of anilines is 1. The number of carbonyl (C=O) groups is 1. The maximum absolute atomic E-state index is 13.1. The highest BCUT2D eigenvalue weighted by molar-refractivity contribution is 5.94. The van der Waals surface area contributed by atoms with Crippen molar-refractivity contribution in [2.75, 3.05) is 19.0 Å². The Morgan fingerprint density at radius 1 is 1.38 bits per heavy atom. The van der Waals surface area contributed by atoms with Gasteiger partial charge in [0.1, 0.15) is 11.6 Å². The molecule has 0 unspecified atom stereocenters. The lowest BCUT2D eigenvalue weighted by Gasteiger charge is -2.23. The number of likely N-dealkylation sites (tertiary alicyclic amines) is 1. The first kappa shape index (κ1) is 18.4. The maximum Gasteiger partial charge on any atom is 0.256 e. The highest BCUT2D eigenvalue weighted by Gasteiger charge is 2.38. The first-order valence-electron chi connectivity index (χ1n) is 8.98. The molecule has 2 N–H and O–H groups in total. The van der Waals surface area contributed by atoms with E-state index in [-0.39, 0.29) is 18.1 Å². The second-order valence-electron chi connectivity index (χ2n) is 7.13. The summed E-state index contributed by atoms with van der Waals surface area (Å²) < 4.78 is 5.52. The fraction of sp³-hybridized carbons (Fsp3) is 0.526. The fourth-order valence-electron chi connectivity index (χ4n) is 3.25. The predicted molar refractivity (Wildman–Crippen MR) is 100 cm³/mol. The van der Waals surface area contributed by atoms with Crippen LogP contribution in [0.3, 0.4) is 0 Å². The summed E-state index contributed by atoms with van der Waals surface area (Å²) in [6.45, 7) is 8.60. The number of nitrogens with one attached hydrogen (secondary N) is 2. The standard InChI is InChI=1S/C19H27N5O2/c1-11(2)21-17-7-6-14(9-20-17)19(25)24-10-15(26-5)8-16(24)18-22-12(3)13(4)23-18/h6-7,9,11,15-16H,8,10H2,1-5H3,(H,20,21)(H,22,23)/t15-,16+/m1/s1. The topological polar surface area (TPSA) is 83.1 Å². The number of aromatic nitrogens is 3. The van der Waals surface area contributed by atoms with E-state index in [9.17, 15) is 4.79 Å². The average Bonchev–Trinajstić information content (AvgIpc) is 3.18. The Balaban J connectivity index is 1.83. The fourth-order valence-corrected chi connectivity index (χ4v) is 3.25. The molecule has 7 heteroatoms. The van der Waals surface area contributed by atoms with Crippen LogP contribution in [0, 0.1) is 13.8 Å². The van der Waals surface area contributed by atoms with Gasteiger partial charge in [0, 0.05) is 38.0 Å². The van der Waals surface area contributed by atoms with Crippen LogP contribution in [0.5, 0.6) is 0 Å². The summed E-state index contributed by atoms with van der Waals surface area (Å²) in [7, 11) is 1.68. The Morgan fingerprint density at radius 2 is 2.15 bits per heavy atom. The first-order valence-corrected chi connectivity index (χ1v) is 8.98. The molecule has 140 valence electrons. The van der Waals surface area contributed by atoms with Crippen molar-refractivity contribution in [2.24, 2.45) is 0 Å². The van der Waals surface area contributed by atoms with Crippen LogP contribution < -0.4 is 5.32 Å². The molecule has 1 fully saturated rings. The zero-order valence-corrected chi connectivity index (χ0v) is 16.0. The van der Waals surface area contributed by atoms with Crippen LogP contribution in [-0.2, 0) is 4.74 Å². The molecule has 1 saturated heterocycles. The molecule has 7 nitrogen and oxygen atoms in total. The van der Waals surface area contributed by atoms with Crippen LogP contribution >= 0.6 is 0 Å². The van der Waals surface area contributed by atoms with Crippen molar-refractivity contribution in [3.63, 3.8) is 0 Å². The third kappa shape index (κ3) is 3.72. The number of hydrogen-bond donors (Lipinski definition) is 2. The van der Waals surface area contributed by atoms with E-state index in [2.05, 4.69) is 20.3 Å². The minimum atomic E-state index is -0.117. The molecular formula is C19H27N5O2. The molecule has 3 heterocycles. The largest absolute Gasteiger partial charge is 0.380 e. The lowest BCUT2D eigenvalue weighted by atomic mass is 10.1. The number of hydrogen-bond acceptors (Lipinski definition) is 5. The molecule has 0 spiro atoms. The van der Waals surface area contributed by atoms with E-state index in [0.717, 1.165) is 29.5 Å². The van der Waals surface area contributed by atoms with Crippen molar-refractivity contribution < 1.29 is 9.53 Å². The van der Waals surface area contributed by atoms with Crippen molar-refractivity contribution in [2.45, 2.75) is 52.3 Å². The number of aryl methyl sites for hydroxylation is 2. The Kier molecular flexibility index (Phi) is 5.27. The molecule has 0 bridgehead atoms. The third-order valence-electron chi connectivity index (χ3n) is 4.77. The maximum atomic E-state index is 13.1. The van der Waals surface area contributed by atoms with Gasteiger partial charge in [-0.25, -0.2) is 9.97 Å². The van der Waals surface area contributed by atoms with E-state index >= 15 is 0 Å². The number of methoxy groups -OCH3 is 1. The molecule has 2 aromatic rings. The highest BCUT2D eigenvalue weighted by Crippen LogP contribution is 2.33. The molecule has 0 aromatic carbocycles. The molecule has 1 amide bonds. The van der Waals surface area contributed by atoms with Crippen LogP contribution in [0.15, 0.2) is 18.3 Å². The van der Waals surface area contributed by atoms with Gasteiger partial charge < -0.3 is 19.9 Å². The number of rotatable bonds is 5. The molecule has 0 radical (unpaired) electrons. The van der Waals surface area contributed by atoms with Crippen molar-refractivity contribution in [1.29, 1.82) is 0 Å². The van der Waals surface area contributed by atoms with E-state index in [4.69, 9.17) is 4.74 Å². The van der Waals surface area contributed by atoms with Crippen molar-refractivity contribution in [1.82, 2.24) is 19.9 Å². The Hall–Kier alpha value is -2.41. The van der Waals surface area contributed by atoms with Crippen molar-refractivity contribution in [3.8, 4) is 0 Å². The van der Waals surface area contributed by atoms with E-state index in [1.165, 1.54) is 0 Å². The summed E-state index contributed by atoms with van der Waals surface area (Å²) in [6.07, 6.45) is 2.36. The van der Waals surface area contributed by atoms with E-state index in [1.54, 1.807) is 13.3 Å². The molecule has 1 aliphatic rings. The summed E-state index contributed by atoms with van der Waals surface area (Å²) in [5, 5.41) is 3.23. The van der Waals surface area contributed by atoms with Crippen LogP contribution in [0.4, 0.5) is 5.82 Å². The molecule has 0 saturated carbocycles. The Labute approximate surface area is 154 Å². The molecule has 2 atom stereocenters. The van der Waals surface area contributed by atoms with Crippen LogP contribution in [0.2, 0.25) is 0 Å². The number of ether oxygens (including phenoxy) is 1. The quantitative estimate of drug-likeness (QED) is 0.860. The zero-order valence-electron chi connectivity index (χ0n) is 16.0. The highest BCUT2D eigenvalue weighted by atomic mass is 16.5. The second-order valence-corrected chi connectivity index (χ2v) is 7.13. The minimum absolute atomic E-state index is 0.00417. The number of H-pyrrole nitrogens is 1. The SMILES string of the molecule is CO[C@@H]1C[C@@H](c2nc(C)c(C)[nH]2)N(C(=O)c2ccc(NC(C)C)nc2)C1. The number of amides is 1. The molecular weight excluding hydrogens is 330 g/mol. The summed E-state index contributed by atoms with van der Waals surface area (Å²) in [6, 6.07) is 3.83. The van der Waals surface area contributed by atoms with Gasteiger partial charge in [-0.05, 0) is 39.8 Å². The number of imidazole rings is 1. The van der Waals surface area contributed by atoms with Gasteiger partial charge in [-0.2, -0.15) is 0 Å². The van der Waals surface area contributed by atoms with Gasteiger partial charge in [0.05, 0.1) is 23.4 Å². The van der Waals surface area contributed by atoms with Crippen LogP contribution in [0.25, 0.3) is 0 Å². The van der Waals surface area contributed by atoms with E-state index in [1.807, 2.05) is 44.7 Å². The summed E-state index contributed by atoms with van der Waals surface area (Å²) >= 11 is 0. The number of aromatic amines is 1. The first-order chi connectivity index (χ1) is 12.4. The molecule has 26 heavy (non-hydrogen) atoms. The van der Waals surface area contributed by atoms with Gasteiger partial charge in [0.15, 0.2) is 0 Å². The van der Waals surface area contributed by atoms with Gasteiger partial charge in [0.2, 0.25) is 0 Å². The van der Waals surface area contributed by atoms with E-state index < -0.39 is 0 Å². The second kappa shape index (κ2) is 7.45. The smallest absolute Gasteiger partial charge is 0.256 e. The minimum Gasteiger partial charge on any atom is -0.380 e. The number of nitrogens with zero attached hydrogens (tertiary/aromatic N) is 3. The zero-order chi connectivity index (χ0) is 18.8. The number of carbonyl (C=O) groups excluding carboxylic acids is 1. The monoisotopic (exact) mass is 357 g/mol. The van der Waals surface area contributed by atoms with Gasteiger partial charge in [-0.3, -0.25) is 4.79 Å². The number of pyridine rings is 1. The summed E-state index contributed by atoms with van der Waals surface area (Å²) in [5.74, 6) is 1.53. The van der Waals surface area contributed by atoms with Crippen LogP contribution in [0.1, 0.15) is 53.9 Å². The molecule has 3 rings (SSSR count). The Bertz CT molecular complexity index is 749.